The van der Waals surface area contributed by atoms with Crippen molar-refractivity contribution in [3.63, 3.8) is 0 Å². The average Bonchev–Trinajstić information content (AvgIpc) is 3.13. The summed E-state index contributed by atoms with van der Waals surface area (Å²) >= 11 is 0. The molecule has 1 unspecified atom stereocenters. The Morgan fingerprint density at radius 2 is 2.00 bits per heavy atom. The van der Waals surface area contributed by atoms with Gasteiger partial charge in [0.1, 0.15) is 0 Å². The number of hydrogen-bond donors (Lipinski definition) is 2. The van der Waals surface area contributed by atoms with Crippen molar-refractivity contribution in [3.05, 3.63) is 34.9 Å². The molecule has 1 atom stereocenters. The smallest absolute Gasteiger partial charge is 0.0652 e. The Balaban J connectivity index is 2.16. The number of hydrogen-bond acceptors (Lipinski definition) is 2. The van der Waals surface area contributed by atoms with Crippen LogP contribution in [0, 0.1) is 19.8 Å². The van der Waals surface area contributed by atoms with Crippen molar-refractivity contribution in [1.82, 2.24) is 5.32 Å². The maximum Gasteiger partial charge on any atom is 0.0652 e. The van der Waals surface area contributed by atoms with Crippen molar-refractivity contribution >= 4 is 0 Å². The van der Waals surface area contributed by atoms with E-state index in [9.17, 15) is 5.11 Å². The van der Waals surface area contributed by atoms with Gasteiger partial charge in [0, 0.05) is 0 Å². The summed E-state index contributed by atoms with van der Waals surface area (Å²) in [5, 5.41) is 13.2. The van der Waals surface area contributed by atoms with Crippen molar-refractivity contribution < 1.29 is 5.11 Å². The van der Waals surface area contributed by atoms with Crippen LogP contribution in [0.25, 0.3) is 0 Å². The van der Waals surface area contributed by atoms with Crippen LogP contribution >= 0.6 is 0 Å². The Morgan fingerprint density at radius 3 is 2.53 bits per heavy atom. The van der Waals surface area contributed by atoms with Gasteiger partial charge in [-0.25, -0.2) is 0 Å². The zero-order chi connectivity index (χ0) is 12.5. The van der Waals surface area contributed by atoms with Gasteiger partial charge in [-0.05, 0) is 62.8 Å². The van der Waals surface area contributed by atoms with Gasteiger partial charge < -0.3 is 10.4 Å². The first kappa shape index (κ1) is 12.6. The summed E-state index contributed by atoms with van der Waals surface area (Å²) in [6.45, 7) is 7.48. The third-order valence-corrected chi connectivity index (χ3v) is 3.94. The van der Waals surface area contributed by atoms with Crippen LogP contribution in [0.3, 0.4) is 0 Å². The first-order valence-electron chi connectivity index (χ1n) is 6.49. The van der Waals surface area contributed by atoms with Crippen molar-refractivity contribution in [2.75, 3.05) is 13.2 Å². The van der Waals surface area contributed by atoms with Crippen molar-refractivity contribution in [2.45, 2.75) is 39.2 Å². The maximum absolute atomic E-state index is 9.67. The summed E-state index contributed by atoms with van der Waals surface area (Å²) in [6.07, 6.45) is 2.67. The quantitative estimate of drug-likeness (QED) is 0.819. The van der Waals surface area contributed by atoms with Crippen LogP contribution in [0.1, 0.15) is 36.5 Å². The van der Waals surface area contributed by atoms with E-state index in [1.165, 1.54) is 29.5 Å². The van der Waals surface area contributed by atoms with E-state index in [4.69, 9.17) is 0 Å². The van der Waals surface area contributed by atoms with Gasteiger partial charge in [0.05, 0.1) is 12.1 Å². The Morgan fingerprint density at radius 1 is 1.29 bits per heavy atom. The molecular formula is C15H23NO. The van der Waals surface area contributed by atoms with E-state index in [1.807, 2.05) is 0 Å². The Kier molecular flexibility index (Phi) is 3.55. The molecular weight excluding hydrogens is 210 g/mol. The molecule has 2 nitrogen and oxygen atoms in total. The summed E-state index contributed by atoms with van der Waals surface area (Å²) in [5.74, 6) is 0.826. The van der Waals surface area contributed by atoms with Gasteiger partial charge in [0.15, 0.2) is 0 Å². The summed E-state index contributed by atoms with van der Waals surface area (Å²) in [7, 11) is 0. The third kappa shape index (κ3) is 2.88. The van der Waals surface area contributed by atoms with Gasteiger partial charge in [-0.15, -0.1) is 0 Å². The fraction of sp³-hybridized carbons (Fsp3) is 0.600. The Bertz CT molecular complexity index is 398. The molecule has 94 valence electrons. The molecule has 0 aromatic heterocycles. The van der Waals surface area contributed by atoms with E-state index in [0.29, 0.717) is 0 Å². The second kappa shape index (κ2) is 4.79. The van der Waals surface area contributed by atoms with E-state index < -0.39 is 0 Å². The Labute approximate surface area is 104 Å². The van der Waals surface area contributed by atoms with Gasteiger partial charge in [-0.1, -0.05) is 18.2 Å². The van der Waals surface area contributed by atoms with Gasteiger partial charge in [0.2, 0.25) is 0 Å². The zero-order valence-corrected chi connectivity index (χ0v) is 11.1. The molecule has 0 amide bonds. The highest BCUT2D eigenvalue weighted by molar-refractivity contribution is 5.34. The molecule has 1 aromatic rings. The molecule has 2 N–H and O–H groups in total. The second-order valence-electron chi connectivity index (χ2n) is 5.61. The molecule has 2 rings (SSSR count). The lowest BCUT2D eigenvalue weighted by Gasteiger charge is -2.30. The lowest BCUT2D eigenvalue weighted by atomic mass is 9.90. The number of aliphatic hydroxyl groups is 1. The molecule has 1 aromatic carbocycles. The SMILES string of the molecule is Cc1ccc(C(C)(CO)NCC2CC2)cc1C. The number of aryl methyl sites for hydroxylation is 2. The van der Waals surface area contributed by atoms with Crippen molar-refractivity contribution in [2.24, 2.45) is 5.92 Å². The van der Waals surface area contributed by atoms with E-state index in [1.54, 1.807) is 0 Å². The predicted octanol–water partition coefficient (Wildman–Crippen LogP) is 2.51. The van der Waals surface area contributed by atoms with Gasteiger partial charge in [-0.2, -0.15) is 0 Å². The molecule has 1 fully saturated rings. The first-order chi connectivity index (χ1) is 8.05. The molecule has 1 aliphatic rings. The van der Waals surface area contributed by atoms with E-state index in [-0.39, 0.29) is 12.1 Å². The van der Waals surface area contributed by atoms with Gasteiger partial charge >= 0.3 is 0 Å². The standard InChI is InChI=1S/C15H23NO/c1-11-4-7-14(8-12(11)2)15(3,10-17)16-9-13-5-6-13/h4,7-8,13,16-17H,5-6,9-10H2,1-3H3. The number of aliphatic hydroxyl groups excluding tert-OH is 1. The van der Waals surface area contributed by atoms with Crippen LogP contribution in [0.5, 0.6) is 0 Å². The van der Waals surface area contributed by atoms with Gasteiger partial charge in [-0.3, -0.25) is 0 Å². The Hall–Kier alpha value is -0.860. The fourth-order valence-corrected chi connectivity index (χ4v) is 2.03. The van der Waals surface area contributed by atoms with Crippen molar-refractivity contribution in [1.29, 1.82) is 0 Å². The molecule has 1 saturated carbocycles. The third-order valence-electron chi connectivity index (χ3n) is 3.94. The summed E-state index contributed by atoms with van der Waals surface area (Å²) in [5.41, 5.74) is 3.47. The zero-order valence-electron chi connectivity index (χ0n) is 11.1. The van der Waals surface area contributed by atoms with Crippen LogP contribution in [0.4, 0.5) is 0 Å². The second-order valence-corrected chi connectivity index (χ2v) is 5.61. The molecule has 0 radical (unpaired) electrons. The number of benzene rings is 1. The maximum atomic E-state index is 9.67. The van der Waals surface area contributed by atoms with E-state index >= 15 is 0 Å². The monoisotopic (exact) mass is 233 g/mol. The number of rotatable bonds is 5. The minimum absolute atomic E-state index is 0.141. The van der Waals surface area contributed by atoms with Crippen LogP contribution < -0.4 is 5.32 Å². The molecule has 0 bridgehead atoms. The largest absolute Gasteiger partial charge is 0.394 e. The highest BCUT2D eigenvalue weighted by Gasteiger charge is 2.29. The molecule has 0 heterocycles. The molecule has 1 aliphatic carbocycles. The lowest BCUT2D eigenvalue weighted by molar-refractivity contribution is 0.173. The molecule has 0 aliphatic heterocycles. The van der Waals surface area contributed by atoms with Crippen molar-refractivity contribution in [3.8, 4) is 0 Å². The highest BCUT2D eigenvalue weighted by atomic mass is 16.3. The highest BCUT2D eigenvalue weighted by Crippen LogP contribution is 2.30. The summed E-state index contributed by atoms with van der Waals surface area (Å²) < 4.78 is 0. The first-order valence-corrected chi connectivity index (χ1v) is 6.49. The minimum Gasteiger partial charge on any atom is -0.394 e. The topological polar surface area (TPSA) is 32.3 Å². The molecule has 0 saturated heterocycles. The van der Waals surface area contributed by atoms with E-state index in [0.717, 1.165) is 12.5 Å². The van der Waals surface area contributed by atoms with Crippen LogP contribution in [0.2, 0.25) is 0 Å². The van der Waals surface area contributed by atoms with Crippen LogP contribution in [0.15, 0.2) is 18.2 Å². The average molecular weight is 233 g/mol. The summed E-state index contributed by atoms with van der Waals surface area (Å²) in [6, 6.07) is 6.45. The lowest BCUT2D eigenvalue weighted by Crippen LogP contribution is -2.43. The normalized spacial score (nSPS) is 19.1. The minimum atomic E-state index is -0.305. The van der Waals surface area contributed by atoms with Crippen LogP contribution in [-0.2, 0) is 5.54 Å². The fourth-order valence-electron chi connectivity index (χ4n) is 2.03. The molecule has 0 spiro atoms. The van der Waals surface area contributed by atoms with Gasteiger partial charge in [0.25, 0.3) is 0 Å². The summed E-state index contributed by atoms with van der Waals surface area (Å²) in [4.78, 5) is 0. The molecule has 17 heavy (non-hydrogen) atoms. The van der Waals surface area contributed by atoms with Crippen LogP contribution in [-0.4, -0.2) is 18.3 Å². The predicted molar refractivity (Wildman–Crippen MR) is 71.1 cm³/mol. The number of nitrogens with one attached hydrogen (secondary N) is 1. The van der Waals surface area contributed by atoms with E-state index in [2.05, 4.69) is 44.3 Å². The molecule has 2 heteroatoms.